The summed E-state index contributed by atoms with van der Waals surface area (Å²) >= 11 is 0. The van der Waals surface area contributed by atoms with E-state index in [0.29, 0.717) is 24.0 Å². The second-order valence-corrected chi connectivity index (χ2v) is 11.5. The molecular weight excluding hydrogens is 264 g/mol. The summed E-state index contributed by atoms with van der Waals surface area (Å²) in [6.07, 6.45) is 0.929. The molecule has 1 aliphatic heterocycles. The summed E-state index contributed by atoms with van der Waals surface area (Å²) in [4.78, 5) is 11.5. The fourth-order valence-electron chi connectivity index (χ4n) is 3.13. The fraction of sp³-hybridized carbons (Fsp3) is 0.588. The molecule has 1 aliphatic rings. The van der Waals surface area contributed by atoms with Gasteiger partial charge in [-0.05, 0) is 18.8 Å². The Bertz CT molecular complexity index is 467. The summed E-state index contributed by atoms with van der Waals surface area (Å²) in [6, 6.07) is 10.7. The summed E-state index contributed by atoms with van der Waals surface area (Å²) in [5.41, 5.74) is 0.358. The largest absolute Gasteiger partial charge is 0.373 e. The van der Waals surface area contributed by atoms with Crippen LogP contribution in [-0.2, 0) is 9.53 Å². The van der Waals surface area contributed by atoms with Crippen molar-refractivity contribution in [3.05, 3.63) is 30.3 Å². The van der Waals surface area contributed by atoms with Gasteiger partial charge in [0.05, 0.1) is 11.8 Å². The van der Waals surface area contributed by atoms with E-state index in [1.165, 1.54) is 5.19 Å². The SMILES string of the molecule is CC(=O)C[C@@H](C(C)C)[C@H]1O[C@H]1[Si](C)(C)c1ccccc1. The van der Waals surface area contributed by atoms with Gasteiger partial charge in [-0.25, -0.2) is 0 Å². The third kappa shape index (κ3) is 3.21. The van der Waals surface area contributed by atoms with Crippen molar-refractivity contribution in [3.8, 4) is 0 Å². The summed E-state index contributed by atoms with van der Waals surface area (Å²) in [6.45, 7) is 10.8. The lowest BCUT2D eigenvalue weighted by Gasteiger charge is -2.23. The Labute approximate surface area is 123 Å². The Morgan fingerprint density at radius 1 is 1.25 bits per heavy atom. The molecule has 3 heteroatoms. The highest BCUT2D eigenvalue weighted by molar-refractivity contribution is 6.91. The van der Waals surface area contributed by atoms with Crippen LogP contribution in [0.25, 0.3) is 0 Å². The molecule has 1 aromatic rings. The standard InChI is InChI=1S/C17H26O2Si/c1-12(2)15(11-13(3)18)16-17(19-16)20(4,5)14-9-7-6-8-10-14/h6-10,12,15-17H,11H2,1-5H3/t15-,16+,17-/m0/s1. The minimum Gasteiger partial charge on any atom is -0.373 e. The van der Waals surface area contributed by atoms with E-state index in [0.717, 1.165) is 0 Å². The van der Waals surface area contributed by atoms with Crippen LogP contribution >= 0.6 is 0 Å². The molecule has 2 nitrogen and oxygen atoms in total. The molecule has 0 aromatic heterocycles. The van der Waals surface area contributed by atoms with Gasteiger partial charge in [-0.3, -0.25) is 0 Å². The zero-order chi connectivity index (χ0) is 14.9. The molecule has 3 atom stereocenters. The number of epoxide rings is 1. The molecule has 0 saturated carbocycles. The molecule has 0 spiro atoms. The van der Waals surface area contributed by atoms with E-state index in [1.54, 1.807) is 6.92 Å². The van der Waals surface area contributed by atoms with Gasteiger partial charge in [0.15, 0.2) is 0 Å². The Morgan fingerprint density at radius 3 is 2.35 bits per heavy atom. The van der Waals surface area contributed by atoms with Crippen molar-refractivity contribution in [3.63, 3.8) is 0 Å². The van der Waals surface area contributed by atoms with Crippen molar-refractivity contribution in [2.75, 3.05) is 0 Å². The van der Waals surface area contributed by atoms with Crippen molar-refractivity contribution in [1.82, 2.24) is 0 Å². The molecule has 0 aliphatic carbocycles. The van der Waals surface area contributed by atoms with Crippen LogP contribution in [0.2, 0.25) is 13.1 Å². The van der Waals surface area contributed by atoms with Gasteiger partial charge < -0.3 is 9.53 Å². The van der Waals surface area contributed by atoms with Gasteiger partial charge in [-0.15, -0.1) is 0 Å². The second kappa shape index (κ2) is 5.82. The van der Waals surface area contributed by atoms with E-state index >= 15 is 0 Å². The van der Waals surface area contributed by atoms with Crippen molar-refractivity contribution >= 4 is 19.0 Å². The minimum absolute atomic E-state index is 0.275. The number of rotatable bonds is 6. The second-order valence-electron chi connectivity index (χ2n) is 6.92. The maximum Gasteiger partial charge on any atom is 0.130 e. The lowest BCUT2D eigenvalue weighted by atomic mass is 9.88. The predicted molar refractivity (Wildman–Crippen MR) is 85.8 cm³/mol. The van der Waals surface area contributed by atoms with E-state index in [-0.39, 0.29) is 11.9 Å². The molecule has 1 heterocycles. The summed E-state index contributed by atoms with van der Waals surface area (Å²) in [5.74, 6) is 1.14. The number of ketones is 1. The van der Waals surface area contributed by atoms with E-state index in [1.807, 2.05) is 0 Å². The van der Waals surface area contributed by atoms with E-state index in [4.69, 9.17) is 4.74 Å². The minimum atomic E-state index is -1.60. The number of benzene rings is 1. The van der Waals surface area contributed by atoms with Crippen molar-refractivity contribution in [2.45, 2.75) is 52.1 Å². The van der Waals surface area contributed by atoms with Crippen LogP contribution in [0.1, 0.15) is 27.2 Å². The van der Waals surface area contributed by atoms with Crippen molar-refractivity contribution in [2.24, 2.45) is 11.8 Å². The first kappa shape index (κ1) is 15.5. The van der Waals surface area contributed by atoms with Crippen LogP contribution in [-0.4, -0.2) is 25.7 Å². The molecule has 1 fully saturated rings. The predicted octanol–water partition coefficient (Wildman–Crippen LogP) is 3.16. The van der Waals surface area contributed by atoms with Gasteiger partial charge >= 0.3 is 0 Å². The van der Waals surface area contributed by atoms with E-state index in [2.05, 4.69) is 57.3 Å². The Balaban J connectivity index is 2.11. The molecule has 1 aromatic carbocycles. The van der Waals surface area contributed by atoms with Gasteiger partial charge in [-0.2, -0.15) is 0 Å². The topological polar surface area (TPSA) is 29.6 Å². The Hall–Kier alpha value is -0.933. The highest BCUT2D eigenvalue weighted by Gasteiger charge is 2.55. The molecule has 1 saturated heterocycles. The summed E-state index contributed by atoms with van der Waals surface area (Å²) in [5, 5.41) is 1.44. The quantitative estimate of drug-likeness (QED) is 0.595. The zero-order valence-electron chi connectivity index (χ0n) is 13.2. The molecule has 20 heavy (non-hydrogen) atoms. The van der Waals surface area contributed by atoms with Gasteiger partial charge in [0.25, 0.3) is 0 Å². The molecule has 0 unspecified atom stereocenters. The molecule has 2 rings (SSSR count). The van der Waals surface area contributed by atoms with Crippen LogP contribution in [0.5, 0.6) is 0 Å². The van der Waals surface area contributed by atoms with Crippen LogP contribution in [0.3, 0.4) is 0 Å². The number of carbonyl (C=O) groups excluding carboxylic acids is 1. The molecule has 0 radical (unpaired) electrons. The zero-order valence-corrected chi connectivity index (χ0v) is 14.2. The molecule has 0 N–H and O–H groups in total. The molecular formula is C17H26O2Si. The van der Waals surface area contributed by atoms with Gasteiger partial charge in [0, 0.05) is 6.42 Å². The van der Waals surface area contributed by atoms with Crippen LogP contribution in [0.4, 0.5) is 0 Å². The van der Waals surface area contributed by atoms with E-state index in [9.17, 15) is 4.79 Å². The average molecular weight is 290 g/mol. The highest BCUT2D eigenvalue weighted by atomic mass is 28.3. The first-order valence-corrected chi connectivity index (χ1v) is 10.6. The third-order valence-corrected chi connectivity index (χ3v) is 8.26. The van der Waals surface area contributed by atoms with Crippen LogP contribution in [0.15, 0.2) is 30.3 Å². The summed E-state index contributed by atoms with van der Waals surface area (Å²) < 4.78 is 6.07. The molecule has 0 amide bonds. The average Bonchev–Trinajstić information content (AvgIpc) is 3.17. The number of carbonyl (C=O) groups is 1. The number of hydrogen-bond donors (Lipinski definition) is 0. The maximum atomic E-state index is 11.5. The normalized spacial score (nSPS) is 23.7. The molecule has 0 bridgehead atoms. The monoisotopic (exact) mass is 290 g/mol. The third-order valence-electron chi connectivity index (χ3n) is 4.56. The highest BCUT2D eigenvalue weighted by Crippen LogP contribution is 2.40. The first-order valence-electron chi connectivity index (χ1n) is 7.54. The molecule has 110 valence electrons. The van der Waals surface area contributed by atoms with Gasteiger partial charge in [0.1, 0.15) is 13.9 Å². The number of hydrogen-bond acceptors (Lipinski definition) is 2. The maximum absolute atomic E-state index is 11.5. The van der Waals surface area contributed by atoms with Crippen molar-refractivity contribution < 1.29 is 9.53 Å². The Kier molecular flexibility index (Phi) is 4.50. The number of ether oxygens (including phenoxy) is 1. The van der Waals surface area contributed by atoms with E-state index < -0.39 is 8.07 Å². The lowest BCUT2D eigenvalue weighted by Crippen LogP contribution is -2.49. The smallest absolute Gasteiger partial charge is 0.130 e. The van der Waals surface area contributed by atoms with Gasteiger partial charge in [-0.1, -0.05) is 62.5 Å². The Morgan fingerprint density at radius 2 is 1.85 bits per heavy atom. The van der Waals surface area contributed by atoms with Crippen molar-refractivity contribution in [1.29, 1.82) is 0 Å². The van der Waals surface area contributed by atoms with Crippen LogP contribution < -0.4 is 5.19 Å². The van der Waals surface area contributed by atoms with Gasteiger partial charge in [0.2, 0.25) is 0 Å². The fourth-order valence-corrected chi connectivity index (χ4v) is 6.07. The first-order chi connectivity index (χ1) is 9.34. The summed E-state index contributed by atoms with van der Waals surface area (Å²) in [7, 11) is -1.60. The number of Topliss-reactive ketones (excluding diaryl/α,β-unsaturated/α-hetero) is 1. The van der Waals surface area contributed by atoms with Crippen LogP contribution in [0, 0.1) is 11.8 Å². The lowest BCUT2D eigenvalue weighted by molar-refractivity contribution is -0.118.